The summed E-state index contributed by atoms with van der Waals surface area (Å²) >= 11 is 0. The number of carbonyl (C=O) groups is 1. The van der Waals surface area contributed by atoms with Crippen molar-refractivity contribution in [2.45, 2.75) is 33.4 Å². The lowest BCUT2D eigenvalue weighted by molar-refractivity contribution is -0.116. The Kier molecular flexibility index (Phi) is 4.79. The number of hydrogen-bond donors (Lipinski definition) is 1. The number of aryl methyl sites for hydroxylation is 1. The van der Waals surface area contributed by atoms with Crippen LogP contribution in [0.3, 0.4) is 0 Å². The quantitative estimate of drug-likeness (QED) is 0.759. The number of amides is 1. The summed E-state index contributed by atoms with van der Waals surface area (Å²) in [5.74, 6) is -1.35. The van der Waals surface area contributed by atoms with Crippen molar-refractivity contribution in [3.63, 3.8) is 0 Å². The summed E-state index contributed by atoms with van der Waals surface area (Å²) in [7, 11) is 0. The Balaban J connectivity index is 1.73. The number of rotatable bonds is 5. The summed E-state index contributed by atoms with van der Waals surface area (Å²) in [6.07, 6.45) is 3.09. The van der Waals surface area contributed by atoms with E-state index in [4.69, 9.17) is 0 Å². The summed E-state index contributed by atoms with van der Waals surface area (Å²) in [5, 5.41) is 15.1. The number of benzene rings is 1. The van der Waals surface area contributed by atoms with Gasteiger partial charge < -0.3 is 5.32 Å². The molecular formula is C17H18F2N6O. The SMILES string of the molecule is Cc1cn(CC(=O)Nc2cnn(C(C)C)n2)nc1-c1ccc(F)cc1F. The highest BCUT2D eigenvalue weighted by Crippen LogP contribution is 2.25. The third-order valence-corrected chi connectivity index (χ3v) is 3.67. The van der Waals surface area contributed by atoms with Crippen LogP contribution in [0.2, 0.25) is 0 Å². The molecule has 0 saturated carbocycles. The van der Waals surface area contributed by atoms with Gasteiger partial charge >= 0.3 is 0 Å². The molecule has 0 bridgehead atoms. The van der Waals surface area contributed by atoms with Crippen molar-refractivity contribution in [1.29, 1.82) is 0 Å². The second-order valence-electron chi connectivity index (χ2n) is 6.17. The maximum atomic E-state index is 14.0. The van der Waals surface area contributed by atoms with Gasteiger partial charge in [0.2, 0.25) is 5.91 Å². The topological polar surface area (TPSA) is 77.6 Å². The minimum atomic E-state index is -0.701. The average Bonchev–Trinajstić information content (AvgIpc) is 3.14. The zero-order chi connectivity index (χ0) is 18.8. The maximum Gasteiger partial charge on any atom is 0.247 e. The van der Waals surface area contributed by atoms with Crippen LogP contribution in [0.25, 0.3) is 11.3 Å². The Hall–Kier alpha value is -3.10. The standard InChI is InChI=1S/C17H18F2N6O/c1-10(2)25-20-7-15(22-25)21-16(26)9-24-8-11(3)17(23-24)13-5-4-12(18)6-14(13)19/h4-8,10H,9H2,1-3H3,(H,21,22,26). The Morgan fingerprint density at radius 2 is 2.04 bits per heavy atom. The molecule has 2 heterocycles. The zero-order valence-electron chi connectivity index (χ0n) is 14.6. The van der Waals surface area contributed by atoms with E-state index in [1.54, 1.807) is 13.1 Å². The molecule has 7 nitrogen and oxygen atoms in total. The average molecular weight is 360 g/mol. The Bertz CT molecular complexity index is 947. The summed E-state index contributed by atoms with van der Waals surface area (Å²) < 4.78 is 28.4. The van der Waals surface area contributed by atoms with Crippen LogP contribution in [-0.2, 0) is 11.3 Å². The van der Waals surface area contributed by atoms with Gasteiger partial charge in [-0.1, -0.05) is 0 Å². The molecule has 9 heteroatoms. The van der Waals surface area contributed by atoms with Gasteiger partial charge in [0.25, 0.3) is 0 Å². The molecule has 0 atom stereocenters. The van der Waals surface area contributed by atoms with Crippen molar-refractivity contribution in [2.24, 2.45) is 0 Å². The minimum Gasteiger partial charge on any atom is -0.306 e. The Labute approximate surface area is 148 Å². The molecule has 1 N–H and O–H groups in total. The van der Waals surface area contributed by atoms with E-state index in [0.717, 1.165) is 6.07 Å². The summed E-state index contributed by atoms with van der Waals surface area (Å²) in [6, 6.07) is 3.39. The van der Waals surface area contributed by atoms with E-state index in [2.05, 4.69) is 20.6 Å². The molecule has 1 aromatic carbocycles. The van der Waals surface area contributed by atoms with Gasteiger partial charge in [-0.05, 0) is 38.5 Å². The number of nitrogens with one attached hydrogen (secondary N) is 1. The number of carbonyl (C=O) groups excluding carboxylic acids is 1. The molecule has 3 rings (SSSR count). The van der Waals surface area contributed by atoms with Crippen LogP contribution >= 0.6 is 0 Å². The second kappa shape index (κ2) is 7.03. The lowest BCUT2D eigenvalue weighted by atomic mass is 10.1. The lowest BCUT2D eigenvalue weighted by Crippen LogP contribution is -2.19. The molecule has 0 unspecified atom stereocenters. The van der Waals surface area contributed by atoms with Crippen molar-refractivity contribution in [3.05, 3.63) is 47.8 Å². The third-order valence-electron chi connectivity index (χ3n) is 3.67. The summed E-state index contributed by atoms with van der Waals surface area (Å²) in [6.45, 7) is 5.52. The first-order valence-electron chi connectivity index (χ1n) is 8.04. The van der Waals surface area contributed by atoms with Crippen molar-refractivity contribution >= 4 is 11.7 Å². The molecule has 0 aliphatic heterocycles. The van der Waals surface area contributed by atoms with Crippen LogP contribution in [0.15, 0.2) is 30.6 Å². The number of hydrogen-bond acceptors (Lipinski definition) is 4. The van der Waals surface area contributed by atoms with E-state index in [-0.39, 0.29) is 24.1 Å². The molecule has 1 amide bonds. The van der Waals surface area contributed by atoms with Crippen LogP contribution < -0.4 is 5.32 Å². The Morgan fingerprint density at radius 1 is 1.27 bits per heavy atom. The summed E-state index contributed by atoms with van der Waals surface area (Å²) in [5.41, 5.74) is 1.22. The predicted molar refractivity (Wildman–Crippen MR) is 91.4 cm³/mol. The second-order valence-corrected chi connectivity index (χ2v) is 6.17. The van der Waals surface area contributed by atoms with Gasteiger partial charge in [-0.25, -0.2) is 8.78 Å². The van der Waals surface area contributed by atoms with Crippen molar-refractivity contribution in [2.75, 3.05) is 5.32 Å². The normalized spacial score (nSPS) is 11.2. The largest absolute Gasteiger partial charge is 0.306 e. The lowest BCUT2D eigenvalue weighted by Gasteiger charge is -2.03. The van der Waals surface area contributed by atoms with Gasteiger partial charge in [0.05, 0.1) is 17.9 Å². The van der Waals surface area contributed by atoms with E-state index in [9.17, 15) is 13.6 Å². The molecule has 3 aromatic rings. The van der Waals surface area contributed by atoms with Crippen molar-refractivity contribution in [3.8, 4) is 11.3 Å². The highest BCUT2D eigenvalue weighted by molar-refractivity contribution is 5.89. The first-order chi connectivity index (χ1) is 12.3. The smallest absolute Gasteiger partial charge is 0.247 e. The van der Waals surface area contributed by atoms with Gasteiger partial charge in [0.15, 0.2) is 5.82 Å². The predicted octanol–water partition coefficient (Wildman–Crippen LogP) is 2.95. The molecule has 2 aromatic heterocycles. The molecule has 0 aliphatic rings. The fraction of sp³-hybridized carbons (Fsp3) is 0.294. The number of nitrogens with zero attached hydrogens (tertiary/aromatic N) is 5. The molecule has 0 fully saturated rings. The fourth-order valence-electron chi connectivity index (χ4n) is 2.46. The van der Waals surface area contributed by atoms with Gasteiger partial charge in [-0.2, -0.15) is 15.0 Å². The van der Waals surface area contributed by atoms with Crippen molar-refractivity contribution in [1.82, 2.24) is 24.8 Å². The zero-order valence-corrected chi connectivity index (χ0v) is 14.6. The van der Waals surface area contributed by atoms with Crippen LogP contribution in [0.5, 0.6) is 0 Å². The first-order valence-corrected chi connectivity index (χ1v) is 8.04. The first kappa shape index (κ1) is 17.7. The summed E-state index contributed by atoms with van der Waals surface area (Å²) in [4.78, 5) is 13.6. The highest BCUT2D eigenvalue weighted by atomic mass is 19.1. The molecule has 0 aliphatic carbocycles. The molecular weight excluding hydrogens is 342 g/mol. The van der Waals surface area contributed by atoms with Crippen molar-refractivity contribution < 1.29 is 13.6 Å². The van der Waals surface area contributed by atoms with Gasteiger partial charge in [0.1, 0.15) is 18.2 Å². The number of halogens is 2. The van der Waals surface area contributed by atoms with Gasteiger partial charge in [-0.3, -0.25) is 9.48 Å². The van der Waals surface area contributed by atoms with E-state index < -0.39 is 11.6 Å². The molecule has 0 spiro atoms. The van der Waals surface area contributed by atoms with Crippen LogP contribution in [-0.4, -0.2) is 30.7 Å². The molecule has 136 valence electrons. The van der Waals surface area contributed by atoms with E-state index in [0.29, 0.717) is 17.1 Å². The molecule has 26 heavy (non-hydrogen) atoms. The van der Waals surface area contributed by atoms with Crippen LogP contribution in [0.1, 0.15) is 25.5 Å². The minimum absolute atomic E-state index is 0.0712. The maximum absolute atomic E-state index is 14.0. The number of anilines is 1. The Morgan fingerprint density at radius 3 is 2.69 bits per heavy atom. The third kappa shape index (κ3) is 3.76. The van der Waals surface area contributed by atoms with Gasteiger partial charge in [-0.15, -0.1) is 5.10 Å². The molecule has 0 saturated heterocycles. The van der Waals surface area contributed by atoms with E-state index in [1.807, 2.05) is 13.8 Å². The van der Waals surface area contributed by atoms with E-state index >= 15 is 0 Å². The van der Waals surface area contributed by atoms with E-state index in [1.165, 1.54) is 27.8 Å². The fourth-order valence-corrected chi connectivity index (χ4v) is 2.46. The highest BCUT2D eigenvalue weighted by Gasteiger charge is 2.15. The molecule has 0 radical (unpaired) electrons. The van der Waals surface area contributed by atoms with Gasteiger partial charge in [0, 0.05) is 17.8 Å². The number of aromatic nitrogens is 5. The monoisotopic (exact) mass is 360 g/mol. The van der Waals surface area contributed by atoms with Crippen LogP contribution in [0.4, 0.5) is 14.6 Å². The van der Waals surface area contributed by atoms with Crippen LogP contribution in [0, 0.1) is 18.6 Å².